The summed E-state index contributed by atoms with van der Waals surface area (Å²) in [7, 11) is 3.05. The van der Waals surface area contributed by atoms with Crippen LogP contribution in [0.4, 0.5) is 0 Å². The van der Waals surface area contributed by atoms with Crippen LogP contribution in [0.5, 0.6) is 11.5 Å². The van der Waals surface area contributed by atoms with Crippen LogP contribution in [0.25, 0.3) is 0 Å². The number of hydrogen-bond donors (Lipinski definition) is 1. The Morgan fingerprint density at radius 3 is 2.50 bits per heavy atom. The molecule has 0 unspecified atom stereocenters. The van der Waals surface area contributed by atoms with Crippen molar-refractivity contribution < 1.29 is 23.7 Å². The zero-order valence-electron chi connectivity index (χ0n) is 15.3. The number of allylic oxidation sites excluding steroid dienone is 2. The summed E-state index contributed by atoms with van der Waals surface area (Å²) >= 11 is 0. The van der Waals surface area contributed by atoms with Gasteiger partial charge in [-0.25, -0.2) is 4.79 Å². The molecule has 1 aromatic carbocycles. The van der Waals surface area contributed by atoms with Crippen molar-refractivity contribution in [1.82, 2.24) is 0 Å². The fraction of sp³-hybridized carbons (Fsp3) is 0.368. The Bertz CT molecular complexity index is 805. The van der Waals surface area contributed by atoms with Gasteiger partial charge in [-0.1, -0.05) is 13.0 Å². The molecule has 26 heavy (non-hydrogen) atoms. The number of benzene rings is 1. The fourth-order valence-electron chi connectivity index (χ4n) is 2.88. The molecule has 1 aliphatic heterocycles. The molecule has 0 bridgehead atoms. The van der Waals surface area contributed by atoms with Gasteiger partial charge in [0.15, 0.2) is 11.5 Å². The van der Waals surface area contributed by atoms with Crippen molar-refractivity contribution in [3.05, 3.63) is 46.6 Å². The molecule has 0 spiro atoms. The van der Waals surface area contributed by atoms with Crippen LogP contribution in [-0.2, 0) is 14.3 Å². The maximum atomic E-state index is 12.6. The summed E-state index contributed by atoms with van der Waals surface area (Å²) in [6.45, 7) is 3.76. The van der Waals surface area contributed by atoms with Crippen molar-refractivity contribution in [2.75, 3.05) is 20.8 Å². The van der Waals surface area contributed by atoms with Gasteiger partial charge in [-0.15, -0.1) is 0 Å². The number of hydrogen-bond acceptors (Lipinski definition) is 7. The number of nitrogens with zero attached hydrogens (tertiary/aromatic N) is 1. The first-order valence-electron chi connectivity index (χ1n) is 8.21. The standard InChI is InChI=1S/C19H22N2O5/c1-5-13-17(19(22)25-6-2)16(12(10-20)18(21)26-13)11-7-8-14(23-3)15(9-11)24-4/h7-9,16H,5-6,21H2,1-4H3/t16-/m1/s1. The van der Waals surface area contributed by atoms with Crippen LogP contribution < -0.4 is 15.2 Å². The smallest absolute Gasteiger partial charge is 0.338 e. The molecular weight excluding hydrogens is 336 g/mol. The van der Waals surface area contributed by atoms with E-state index in [-0.39, 0.29) is 23.6 Å². The molecular formula is C19H22N2O5. The SMILES string of the molecule is CCOC(=O)C1=C(CC)OC(N)=C(C#N)[C@H]1c1ccc(OC)c(OC)c1. The second-order valence-corrected chi connectivity index (χ2v) is 5.45. The van der Waals surface area contributed by atoms with E-state index in [0.717, 1.165) is 0 Å². The van der Waals surface area contributed by atoms with Gasteiger partial charge in [0.2, 0.25) is 5.88 Å². The third-order valence-corrected chi connectivity index (χ3v) is 4.05. The van der Waals surface area contributed by atoms with E-state index in [1.165, 1.54) is 14.2 Å². The number of ether oxygens (including phenoxy) is 4. The van der Waals surface area contributed by atoms with Crippen LogP contribution in [-0.4, -0.2) is 26.8 Å². The lowest BCUT2D eigenvalue weighted by Gasteiger charge is -2.28. The largest absolute Gasteiger partial charge is 0.493 e. The molecule has 0 fully saturated rings. The third-order valence-electron chi connectivity index (χ3n) is 4.05. The Labute approximate surface area is 152 Å². The predicted octanol–water partition coefficient (Wildman–Crippen LogP) is 2.74. The van der Waals surface area contributed by atoms with Crippen molar-refractivity contribution in [3.63, 3.8) is 0 Å². The second-order valence-electron chi connectivity index (χ2n) is 5.45. The lowest BCUT2D eigenvalue weighted by atomic mass is 9.82. The first-order chi connectivity index (χ1) is 12.5. The summed E-state index contributed by atoms with van der Waals surface area (Å²) in [6, 6.07) is 7.24. The molecule has 0 aromatic heterocycles. The van der Waals surface area contributed by atoms with Gasteiger partial charge in [-0.3, -0.25) is 0 Å². The summed E-state index contributed by atoms with van der Waals surface area (Å²) in [4.78, 5) is 12.6. The van der Waals surface area contributed by atoms with E-state index in [1.54, 1.807) is 25.1 Å². The highest BCUT2D eigenvalue weighted by molar-refractivity contribution is 5.92. The number of carbonyl (C=O) groups excluding carboxylic acids is 1. The van der Waals surface area contributed by atoms with Crippen LogP contribution >= 0.6 is 0 Å². The first kappa shape index (κ1) is 19.2. The number of methoxy groups -OCH3 is 2. The fourth-order valence-corrected chi connectivity index (χ4v) is 2.88. The van der Waals surface area contributed by atoms with Crippen molar-refractivity contribution in [2.24, 2.45) is 5.73 Å². The predicted molar refractivity (Wildman–Crippen MR) is 94.1 cm³/mol. The highest BCUT2D eigenvalue weighted by Gasteiger charge is 2.37. The minimum Gasteiger partial charge on any atom is -0.493 e. The molecule has 138 valence electrons. The normalized spacial score (nSPS) is 16.7. The van der Waals surface area contributed by atoms with Crippen LogP contribution in [0, 0.1) is 11.3 Å². The Morgan fingerprint density at radius 1 is 1.27 bits per heavy atom. The van der Waals surface area contributed by atoms with Crippen LogP contribution in [0.1, 0.15) is 31.7 Å². The zero-order valence-corrected chi connectivity index (χ0v) is 15.3. The summed E-state index contributed by atoms with van der Waals surface area (Å²) in [6.07, 6.45) is 0.428. The highest BCUT2D eigenvalue weighted by atomic mass is 16.5. The van der Waals surface area contributed by atoms with E-state index in [0.29, 0.717) is 29.2 Å². The molecule has 2 rings (SSSR count). The van der Waals surface area contributed by atoms with Crippen LogP contribution in [0.15, 0.2) is 41.0 Å². The summed E-state index contributed by atoms with van der Waals surface area (Å²) < 4.78 is 21.3. The van der Waals surface area contributed by atoms with Crippen molar-refractivity contribution in [2.45, 2.75) is 26.2 Å². The molecule has 7 heteroatoms. The molecule has 0 saturated carbocycles. The van der Waals surface area contributed by atoms with Crippen LogP contribution in [0.3, 0.4) is 0 Å². The number of carbonyl (C=O) groups is 1. The van der Waals surface area contributed by atoms with Gasteiger partial charge in [-0.05, 0) is 24.6 Å². The molecule has 0 radical (unpaired) electrons. The lowest BCUT2D eigenvalue weighted by Crippen LogP contribution is -2.26. The minimum absolute atomic E-state index is 0.0165. The van der Waals surface area contributed by atoms with E-state index < -0.39 is 11.9 Å². The highest BCUT2D eigenvalue weighted by Crippen LogP contribution is 2.42. The molecule has 0 aliphatic carbocycles. The average molecular weight is 358 g/mol. The number of rotatable bonds is 6. The Kier molecular flexibility index (Phi) is 6.12. The molecule has 1 atom stereocenters. The molecule has 2 N–H and O–H groups in total. The van der Waals surface area contributed by atoms with E-state index in [2.05, 4.69) is 6.07 Å². The number of esters is 1. The molecule has 1 aliphatic rings. The zero-order chi connectivity index (χ0) is 19.3. The Hall–Kier alpha value is -3.14. The minimum atomic E-state index is -0.706. The average Bonchev–Trinajstić information content (AvgIpc) is 2.66. The molecule has 0 amide bonds. The monoisotopic (exact) mass is 358 g/mol. The van der Waals surface area contributed by atoms with Gasteiger partial charge in [0.1, 0.15) is 17.4 Å². The summed E-state index contributed by atoms with van der Waals surface area (Å²) in [5, 5.41) is 9.61. The number of nitrogens with two attached hydrogens (primary N) is 1. The molecule has 1 heterocycles. The van der Waals surface area contributed by atoms with E-state index >= 15 is 0 Å². The quantitative estimate of drug-likeness (QED) is 0.780. The van der Waals surface area contributed by atoms with Gasteiger partial charge in [0, 0.05) is 6.42 Å². The van der Waals surface area contributed by atoms with Crippen molar-refractivity contribution in [1.29, 1.82) is 5.26 Å². The van der Waals surface area contributed by atoms with Crippen LogP contribution in [0.2, 0.25) is 0 Å². The van der Waals surface area contributed by atoms with Crippen molar-refractivity contribution in [3.8, 4) is 17.6 Å². The Balaban J connectivity index is 2.68. The first-order valence-corrected chi connectivity index (χ1v) is 8.21. The molecule has 7 nitrogen and oxygen atoms in total. The number of nitriles is 1. The maximum absolute atomic E-state index is 12.6. The topological polar surface area (TPSA) is 104 Å². The van der Waals surface area contributed by atoms with E-state index in [9.17, 15) is 10.1 Å². The van der Waals surface area contributed by atoms with Gasteiger partial charge in [0.25, 0.3) is 0 Å². The summed E-state index contributed by atoms with van der Waals surface area (Å²) in [5.74, 6) is 0.147. The van der Waals surface area contributed by atoms with E-state index in [4.69, 9.17) is 24.7 Å². The van der Waals surface area contributed by atoms with Gasteiger partial charge in [-0.2, -0.15) is 5.26 Å². The summed E-state index contributed by atoms with van der Waals surface area (Å²) in [5.41, 5.74) is 7.01. The van der Waals surface area contributed by atoms with Gasteiger partial charge >= 0.3 is 5.97 Å². The Morgan fingerprint density at radius 2 is 1.96 bits per heavy atom. The molecule has 1 aromatic rings. The van der Waals surface area contributed by atoms with Gasteiger partial charge < -0.3 is 24.7 Å². The van der Waals surface area contributed by atoms with Gasteiger partial charge in [0.05, 0.1) is 32.3 Å². The van der Waals surface area contributed by atoms with E-state index in [1.807, 2.05) is 6.92 Å². The maximum Gasteiger partial charge on any atom is 0.338 e. The second kappa shape index (κ2) is 8.30. The lowest BCUT2D eigenvalue weighted by molar-refractivity contribution is -0.139. The van der Waals surface area contributed by atoms with Crippen molar-refractivity contribution >= 4 is 5.97 Å². The third kappa shape index (κ3) is 3.45. The molecule has 0 saturated heterocycles.